The smallest absolute Gasteiger partial charge is 0.262 e. The average molecular weight is 387 g/mol. The SMILES string of the molecule is CCOc1cc([C@@H]2NC(=O)c3c(n[nH]c3C)N2)ccc1O[C@H](C)C(=O)N(C)C. The maximum atomic E-state index is 12.4. The van der Waals surface area contributed by atoms with Crippen molar-refractivity contribution >= 4 is 17.6 Å². The Balaban J connectivity index is 1.85. The fraction of sp³-hybridized carbons (Fsp3) is 0.421. The number of aromatic nitrogens is 2. The van der Waals surface area contributed by atoms with Crippen molar-refractivity contribution in [3.63, 3.8) is 0 Å². The van der Waals surface area contributed by atoms with Gasteiger partial charge in [-0.05, 0) is 38.5 Å². The van der Waals surface area contributed by atoms with Crippen molar-refractivity contribution in [3.05, 3.63) is 35.0 Å². The first-order valence-corrected chi connectivity index (χ1v) is 9.08. The molecule has 28 heavy (non-hydrogen) atoms. The number of amides is 2. The first kappa shape index (κ1) is 19.5. The van der Waals surface area contributed by atoms with Gasteiger partial charge in [-0.2, -0.15) is 5.10 Å². The van der Waals surface area contributed by atoms with E-state index < -0.39 is 12.3 Å². The van der Waals surface area contributed by atoms with Gasteiger partial charge in [-0.25, -0.2) is 0 Å². The zero-order valence-corrected chi connectivity index (χ0v) is 16.6. The Morgan fingerprint density at radius 3 is 2.71 bits per heavy atom. The number of rotatable bonds is 6. The van der Waals surface area contributed by atoms with E-state index in [0.717, 1.165) is 5.56 Å². The Kier molecular flexibility index (Phi) is 5.43. The van der Waals surface area contributed by atoms with Crippen LogP contribution in [-0.4, -0.2) is 53.7 Å². The fourth-order valence-electron chi connectivity index (χ4n) is 3.03. The van der Waals surface area contributed by atoms with Crippen molar-refractivity contribution in [2.75, 3.05) is 26.0 Å². The quantitative estimate of drug-likeness (QED) is 0.698. The number of H-pyrrole nitrogens is 1. The molecule has 2 atom stereocenters. The number of carbonyl (C=O) groups excluding carboxylic acids is 2. The molecule has 0 spiro atoms. The molecule has 0 saturated carbocycles. The summed E-state index contributed by atoms with van der Waals surface area (Å²) in [5, 5.41) is 13.1. The van der Waals surface area contributed by atoms with E-state index in [4.69, 9.17) is 9.47 Å². The van der Waals surface area contributed by atoms with Crippen LogP contribution in [0.1, 0.15) is 41.6 Å². The summed E-state index contributed by atoms with van der Waals surface area (Å²) in [4.78, 5) is 26.0. The van der Waals surface area contributed by atoms with E-state index in [-0.39, 0.29) is 11.8 Å². The van der Waals surface area contributed by atoms with Crippen LogP contribution < -0.4 is 20.1 Å². The second-order valence-corrected chi connectivity index (χ2v) is 6.75. The van der Waals surface area contributed by atoms with Crippen molar-refractivity contribution in [3.8, 4) is 11.5 Å². The average Bonchev–Trinajstić information content (AvgIpc) is 3.03. The van der Waals surface area contributed by atoms with Crippen molar-refractivity contribution in [1.82, 2.24) is 20.4 Å². The molecule has 3 N–H and O–H groups in total. The van der Waals surface area contributed by atoms with Gasteiger partial charge in [-0.15, -0.1) is 0 Å². The third-order valence-corrected chi connectivity index (χ3v) is 4.42. The van der Waals surface area contributed by atoms with Crippen LogP contribution in [0.15, 0.2) is 18.2 Å². The zero-order chi connectivity index (χ0) is 20.4. The predicted octanol–water partition coefficient (Wildman–Crippen LogP) is 1.83. The Morgan fingerprint density at radius 1 is 1.29 bits per heavy atom. The molecular weight excluding hydrogens is 362 g/mol. The summed E-state index contributed by atoms with van der Waals surface area (Å²) in [6.07, 6.45) is -1.11. The topological polar surface area (TPSA) is 109 Å². The number of fused-ring (bicyclic) bond motifs is 1. The molecule has 0 saturated heterocycles. The number of benzene rings is 1. The Bertz CT molecular complexity index is 892. The molecular formula is C19H25N5O4. The summed E-state index contributed by atoms with van der Waals surface area (Å²) in [6.45, 7) is 5.78. The molecule has 1 aromatic heterocycles. The number of likely N-dealkylation sites (N-methyl/N-ethyl adjacent to an activating group) is 1. The molecule has 2 heterocycles. The highest BCUT2D eigenvalue weighted by molar-refractivity contribution is 6.01. The second-order valence-electron chi connectivity index (χ2n) is 6.75. The van der Waals surface area contributed by atoms with Crippen molar-refractivity contribution in [2.24, 2.45) is 0 Å². The van der Waals surface area contributed by atoms with Crippen LogP contribution >= 0.6 is 0 Å². The highest BCUT2D eigenvalue weighted by atomic mass is 16.5. The molecule has 0 bridgehead atoms. The normalized spacial score (nSPS) is 16.5. The summed E-state index contributed by atoms with van der Waals surface area (Å²) >= 11 is 0. The minimum atomic E-state index is -0.651. The maximum absolute atomic E-state index is 12.4. The van der Waals surface area contributed by atoms with Crippen LogP contribution in [0, 0.1) is 6.92 Å². The Hall–Kier alpha value is -3.23. The van der Waals surface area contributed by atoms with Gasteiger partial charge in [0.2, 0.25) is 0 Å². The second kappa shape index (κ2) is 7.79. The largest absolute Gasteiger partial charge is 0.490 e. The molecule has 9 nitrogen and oxygen atoms in total. The number of hydrogen-bond acceptors (Lipinski definition) is 6. The third-order valence-electron chi connectivity index (χ3n) is 4.42. The third kappa shape index (κ3) is 3.73. The Morgan fingerprint density at radius 2 is 2.04 bits per heavy atom. The van der Waals surface area contributed by atoms with E-state index in [2.05, 4.69) is 20.8 Å². The van der Waals surface area contributed by atoms with Gasteiger partial charge >= 0.3 is 0 Å². The summed E-state index contributed by atoms with van der Waals surface area (Å²) < 4.78 is 11.5. The minimum Gasteiger partial charge on any atom is -0.490 e. The summed E-state index contributed by atoms with van der Waals surface area (Å²) in [6, 6.07) is 5.33. The number of aromatic amines is 1. The molecule has 0 radical (unpaired) electrons. The highest BCUT2D eigenvalue weighted by Gasteiger charge is 2.29. The van der Waals surface area contributed by atoms with Gasteiger partial charge in [0.25, 0.3) is 11.8 Å². The first-order valence-electron chi connectivity index (χ1n) is 9.08. The lowest BCUT2D eigenvalue weighted by Crippen LogP contribution is -2.38. The standard InChI is InChI=1S/C19H25N5O4/c1-6-27-14-9-12(7-8-13(14)28-11(3)19(26)24(4)5)16-20-17-15(18(25)21-16)10(2)22-23-17/h7-9,11,16H,6H2,1-5H3,(H,21,25)(H2,20,22,23)/t11-,16+/m1/s1. The number of aryl methyl sites for hydroxylation is 1. The molecule has 0 fully saturated rings. The van der Waals surface area contributed by atoms with Crippen LogP contribution in [0.25, 0.3) is 0 Å². The molecule has 0 aliphatic carbocycles. The molecule has 3 rings (SSSR count). The first-order chi connectivity index (χ1) is 13.3. The van der Waals surface area contributed by atoms with Crippen LogP contribution in [0.2, 0.25) is 0 Å². The lowest BCUT2D eigenvalue weighted by atomic mass is 10.1. The minimum absolute atomic E-state index is 0.144. The van der Waals surface area contributed by atoms with Crippen molar-refractivity contribution < 1.29 is 19.1 Å². The molecule has 0 unspecified atom stereocenters. The summed E-state index contributed by atoms with van der Waals surface area (Å²) in [7, 11) is 3.36. The number of carbonyl (C=O) groups is 2. The lowest BCUT2D eigenvalue weighted by Gasteiger charge is -2.26. The van der Waals surface area contributed by atoms with Crippen molar-refractivity contribution in [2.45, 2.75) is 33.0 Å². The molecule has 1 aliphatic rings. The van der Waals surface area contributed by atoms with Gasteiger partial charge in [0, 0.05) is 19.8 Å². The maximum Gasteiger partial charge on any atom is 0.262 e. The van der Waals surface area contributed by atoms with Gasteiger partial charge in [-0.3, -0.25) is 14.7 Å². The lowest BCUT2D eigenvalue weighted by molar-refractivity contribution is -0.135. The summed E-state index contributed by atoms with van der Waals surface area (Å²) in [5.41, 5.74) is 2.00. The van der Waals surface area contributed by atoms with Gasteiger partial charge in [0.15, 0.2) is 23.4 Å². The van der Waals surface area contributed by atoms with E-state index in [0.29, 0.717) is 35.2 Å². The van der Waals surface area contributed by atoms with Crippen molar-refractivity contribution in [1.29, 1.82) is 0 Å². The summed E-state index contributed by atoms with van der Waals surface area (Å²) in [5.74, 6) is 1.13. The molecule has 1 aliphatic heterocycles. The molecule has 9 heteroatoms. The van der Waals surface area contributed by atoms with Gasteiger partial charge in [0.05, 0.1) is 6.61 Å². The van der Waals surface area contributed by atoms with E-state index in [1.165, 1.54) is 4.90 Å². The Labute approximate surface area is 163 Å². The number of hydrogen-bond donors (Lipinski definition) is 3. The van der Waals surface area contributed by atoms with E-state index in [1.54, 1.807) is 40.1 Å². The number of ether oxygens (including phenoxy) is 2. The van der Waals surface area contributed by atoms with E-state index in [9.17, 15) is 9.59 Å². The van der Waals surface area contributed by atoms with Crippen LogP contribution in [0.4, 0.5) is 5.82 Å². The number of nitrogens with zero attached hydrogens (tertiary/aromatic N) is 2. The van der Waals surface area contributed by atoms with Gasteiger partial charge in [-0.1, -0.05) is 6.07 Å². The number of anilines is 1. The zero-order valence-electron chi connectivity index (χ0n) is 16.6. The monoisotopic (exact) mass is 387 g/mol. The van der Waals surface area contributed by atoms with Gasteiger partial charge in [0.1, 0.15) is 11.7 Å². The van der Waals surface area contributed by atoms with Crippen LogP contribution in [0.5, 0.6) is 11.5 Å². The molecule has 2 amide bonds. The molecule has 1 aromatic carbocycles. The van der Waals surface area contributed by atoms with Crippen LogP contribution in [0.3, 0.4) is 0 Å². The highest BCUT2D eigenvalue weighted by Crippen LogP contribution is 2.33. The predicted molar refractivity (Wildman–Crippen MR) is 104 cm³/mol. The number of nitrogens with one attached hydrogen (secondary N) is 3. The molecule has 2 aromatic rings. The van der Waals surface area contributed by atoms with E-state index >= 15 is 0 Å². The molecule has 150 valence electrons. The van der Waals surface area contributed by atoms with Crippen LogP contribution in [-0.2, 0) is 4.79 Å². The fourth-order valence-corrected chi connectivity index (χ4v) is 3.03. The van der Waals surface area contributed by atoms with Gasteiger partial charge < -0.3 is 25.0 Å². The van der Waals surface area contributed by atoms with E-state index in [1.807, 2.05) is 13.0 Å².